The van der Waals surface area contributed by atoms with Crippen molar-refractivity contribution >= 4 is 12.0 Å². The molecule has 1 fully saturated rings. The number of nitrogens with one attached hydrogen (secondary N) is 1. The van der Waals surface area contributed by atoms with E-state index in [1.165, 1.54) is 0 Å². The van der Waals surface area contributed by atoms with E-state index in [1.54, 1.807) is 4.90 Å². The van der Waals surface area contributed by atoms with Crippen molar-refractivity contribution in [2.24, 2.45) is 0 Å². The van der Waals surface area contributed by atoms with Crippen LogP contribution in [0.25, 0.3) is 0 Å². The van der Waals surface area contributed by atoms with Crippen LogP contribution in [0.4, 0.5) is 4.79 Å². The van der Waals surface area contributed by atoms with Crippen molar-refractivity contribution in [1.82, 2.24) is 10.2 Å². The molecule has 0 saturated heterocycles. The molecule has 1 aliphatic rings. The summed E-state index contributed by atoms with van der Waals surface area (Å²) in [5.41, 5.74) is -0.538. The van der Waals surface area contributed by atoms with Crippen LogP contribution in [0.1, 0.15) is 52.4 Å². The van der Waals surface area contributed by atoms with E-state index in [4.69, 9.17) is 5.11 Å². The molecule has 0 aromatic rings. The first-order valence-electron chi connectivity index (χ1n) is 6.82. The highest BCUT2D eigenvalue weighted by Crippen LogP contribution is 2.31. The van der Waals surface area contributed by atoms with Crippen molar-refractivity contribution in [3.63, 3.8) is 0 Å². The number of carbonyl (C=O) groups is 2. The van der Waals surface area contributed by atoms with E-state index in [2.05, 4.69) is 5.32 Å². The molecule has 1 rings (SSSR count). The van der Waals surface area contributed by atoms with Gasteiger partial charge in [-0.1, -0.05) is 19.3 Å². The Balaban J connectivity index is 2.71. The molecule has 0 atom stereocenters. The van der Waals surface area contributed by atoms with E-state index < -0.39 is 11.5 Å². The van der Waals surface area contributed by atoms with Gasteiger partial charge in [0.15, 0.2) is 0 Å². The number of amides is 2. The predicted octanol–water partition coefficient (Wildman–Crippen LogP) is 2.22. The highest BCUT2D eigenvalue weighted by molar-refractivity contribution is 5.77. The van der Waals surface area contributed by atoms with E-state index in [0.717, 1.165) is 32.1 Å². The summed E-state index contributed by atoms with van der Waals surface area (Å²) in [5.74, 6) is -0.836. The number of hydrogen-bond donors (Lipinski definition) is 2. The van der Waals surface area contributed by atoms with Gasteiger partial charge in [0.1, 0.15) is 0 Å². The monoisotopic (exact) mass is 256 g/mol. The fourth-order valence-electron chi connectivity index (χ4n) is 2.68. The number of nitrogens with zero attached hydrogens (tertiary/aromatic N) is 1. The van der Waals surface area contributed by atoms with E-state index in [9.17, 15) is 9.59 Å². The maximum Gasteiger partial charge on any atom is 0.317 e. The van der Waals surface area contributed by atoms with Crippen LogP contribution in [0.15, 0.2) is 0 Å². The molecule has 0 bridgehead atoms. The van der Waals surface area contributed by atoms with Crippen LogP contribution in [0.5, 0.6) is 0 Å². The summed E-state index contributed by atoms with van der Waals surface area (Å²) in [6, 6.07) is -0.136. The Bertz CT molecular complexity index is 295. The molecule has 0 aromatic heterocycles. The minimum Gasteiger partial charge on any atom is -0.481 e. The maximum absolute atomic E-state index is 12.1. The Morgan fingerprint density at radius 3 is 2.17 bits per heavy atom. The first kappa shape index (κ1) is 14.8. The molecule has 0 aliphatic heterocycles. The van der Waals surface area contributed by atoms with Gasteiger partial charge >= 0.3 is 12.0 Å². The van der Waals surface area contributed by atoms with Crippen LogP contribution in [-0.2, 0) is 4.79 Å². The van der Waals surface area contributed by atoms with Gasteiger partial charge in [0.25, 0.3) is 0 Å². The maximum atomic E-state index is 12.1. The summed E-state index contributed by atoms with van der Waals surface area (Å²) in [6.45, 7) is 5.14. The lowest BCUT2D eigenvalue weighted by Gasteiger charge is -2.38. The van der Waals surface area contributed by atoms with Crippen molar-refractivity contribution in [1.29, 1.82) is 0 Å². The zero-order chi connectivity index (χ0) is 13.6. The van der Waals surface area contributed by atoms with Crippen LogP contribution in [0, 0.1) is 0 Å². The second-order valence-electron chi connectivity index (χ2n) is 5.01. The minimum atomic E-state index is -0.836. The van der Waals surface area contributed by atoms with Gasteiger partial charge in [0.2, 0.25) is 0 Å². The Morgan fingerprint density at radius 1 is 1.17 bits per heavy atom. The van der Waals surface area contributed by atoms with Gasteiger partial charge in [-0.3, -0.25) is 4.79 Å². The molecule has 104 valence electrons. The molecule has 0 unspecified atom stereocenters. The molecule has 1 aliphatic carbocycles. The quantitative estimate of drug-likeness (QED) is 0.792. The number of hydrogen-bond acceptors (Lipinski definition) is 2. The number of rotatable bonds is 5. The van der Waals surface area contributed by atoms with Crippen LogP contribution in [-0.4, -0.2) is 40.6 Å². The highest BCUT2D eigenvalue weighted by Gasteiger charge is 2.36. The average Bonchev–Trinajstić information content (AvgIpc) is 2.30. The van der Waals surface area contributed by atoms with Crippen LogP contribution in [0.3, 0.4) is 0 Å². The molecule has 0 spiro atoms. The van der Waals surface area contributed by atoms with Crippen LogP contribution in [0.2, 0.25) is 0 Å². The topological polar surface area (TPSA) is 69.6 Å². The molecule has 5 nitrogen and oxygen atoms in total. The minimum absolute atomic E-state index is 0.0278. The molecule has 0 heterocycles. The lowest BCUT2D eigenvalue weighted by Crippen LogP contribution is -2.55. The standard InChI is InChI=1S/C13H24N2O3/c1-3-15(4-2)12(18)14-13(10-11(16)17)8-6-5-7-9-13/h3-10H2,1-2H3,(H,14,18)(H,16,17). The van der Waals surface area contributed by atoms with E-state index in [-0.39, 0.29) is 12.5 Å². The molecule has 2 N–H and O–H groups in total. The van der Waals surface area contributed by atoms with Gasteiger partial charge < -0.3 is 15.3 Å². The molecule has 1 saturated carbocycles. The Labute approximate surface area is 109 Å². The molecular formula is C13H24N2O3. The summed E-state index contributed by atoms with van der Waals surface area (Å²) in [7, 11) is 0. The smallest absolute Gasteiger partial charge is 0.317 e. The summed E-state index contributed by atoms with van der Waals surface area (Å²) < 4.78 is 0. The van der Waals surface area contributed by atoms with Gasteiger partial charge in [-0.05, 0) is 26.7 Å². The molecule has 2 amide bonds. The van der Waals surface area contributed by atoms with E-state index in [1.807, 2.05) is 13.8 Å². The SMILES string of the molecule is CCN(CC)C(=O)NC1(CC(=O)O)CCCCC1. The summed E-state index contributed by atoms with van der Waals surface area (Å²) in [6.07, 6.45) is 4.68. The fourth-order valence-corrected chi connectivity index (χ4v) is 2.68. The van der Waals surface area contributed by atoms with Gasteiger partial charge in [0.05, 0.1) is 12.0 Å². The third-order valence-electron chi connectivity index (χ3n) is 3.72. The van der Waals surface area contributed by atoms with Gasteiger partial charge in [0, 0.05) is 13.1 Å². The summed E-state index contributed by atoms with van der Waals surface area (Å²) in [4.78, 5) is 24.8. The van der Waals surface area contributed by atoms with E-state index in [0.29, 0.717) is 13.1 Å². The largest absolute Gasteiger partial charge is 0.481 e. The normalized spacial score (nSPS) is 18.1. The third-order valence-corrected chi connectivity index (χ3v) is 3.72. The zero-order valence-electron chi connectivity index (χ0n) is 11.4. The number of carboxylic acid groups (broad SMARTS) is 1. The van der Waals surface area contributed by atoms with Gasteiger partial charge in [-0.15, -0.1) is 0 Å². The van der Waals surface area contributed by atoms with E-state index >= 15 is 0 Å². The summed E-state index contributed by atoms with van der Waals surface area (Å²) >= 11 is 0. The number of carbonyl (C=O) groups excluding carboxylic acids is 1. The molecule has 5 heteroatoms. The van der Waals surface area contributed by atoms with Crippen molar-refractivity contribution < 1.29 is 14.7 Å². The van der Waals surface area contributed by atoms with Gasteiger partial charge in [-0.2, -0.15) is 0 Å². The van der Waals surface area contributed by atoms with Crippen molar-refractivity contribution in [3.05, 3.63) is 0 Å². The second kappa shape index (κ2) is 6.61. The number of carboxylic acids is 1. The Hall–Kier alpha value is -1.26. The Kier molecular flexibility index (Phi) is 5.44. The molecule has 0 aromatic carbocycles. The van der Waals surface area contributed by atoms with Crippen LogP contribution < -0.4 is 5.32 Å². The number of urea groups is 1. The fraction of sp³-hybridized carbons (Fsp3) is 0.846. The highest BCUT2D eigenvalue weighted by atomic mass is 16.4. The lowest BCUT2D eigenvalue weighted by molar-refractivity contribution is -0.139. The second-order valence-corrected chi connectivity index (χ2v) is 5.01. The third kappa shape index (κ3) is 3.89. The zero-order valence-corrected chi connectivity index (χ0v) is 11.4. The van der Waals surface area contributed by atoms with Gasteiger partial charge in [-0.25, -0.2) is 4.79 Å². The first-order chi connectivity index (χ1) is 8.53. The average molecular weight is 256 g/mol. The van der Waals surface area contributed by atoms with Crippen molar-refractivity contribution in [2.45, 2.75) is 57.9 Å². The first-order valence-corrected chi connectivity index (χ1v) is 6.82. The lowest BCUT2D eigenvalue weighted by atomic mass is 9.79. The van der Waals surface area contributed by atoms with Crippen molar-refractivity contribution in [3.8, 4) is 0 Å². The Morgan fingerprint density at radius 2 is 1.72 bits per heavy atom. The number of aliphatic carboxylic acids is 1. The van der Waals surface area contributed by atoms with Crippen molar-refractivity contribution in [2.75, 3.05) is 13.1 Å². The molecule has 0 radical (unpaired) electrons. The molecule has 18 heavy (non-hydrogen) atoms. The molecular weight excluding hydrogens is 232 g/mol. The summed E-state index contributed by atoms with van der Waals surface area (Å²) in [5, 5.41) is 12.0. The predicted molar refractivity (Wildman–Crippen MR) is 69.5 cm³/mol. The van der Waals surface area contributed by atoms with Crippen LogP contribution >= 0.6 is 0 Å².